The minimum Gasteiger partial charge on any atom is -0.481 e. The van der Waals surface area contributed by atoms with Crippen LogP contribution in [0.4, 0.5) is 0 Å². The highest BCUT2D eigenvalue weighted by atomic mass is 32.2. The van der Waals surface area contributed by atoms with Crippen molar-refractivity contribution in [3.8, 4) is 6.07 Å². The summed E-state index contributed by atoms with van der Waals surface area (Å²) in [7, 11) is -3.78. The molecule has 6 nitrogen and oxygen atoms in total. The average molecular weight is 302 g/mol. The third-order valence-electron chi connectivity index (χ3n) is 4.19. The number of carboxylic acids is 1. The standard InChI is InChI=1S/C13H22N2O4S/c1-3-11(8-14)20(18,19)15-9-13(12(16)17)6-4-10(2)5-7-13/h10-11,15H,3-7,9H2,1-2H3,(H,16,17). The van der Waals surface area contributed by atoms with E-state index in [2.05, 4.69) is 11.6 Å². The van der Waals surface area contributed by atoms with Crippen LogP contribution < -0.4 is 4.72 Å². The molecule has 1 rings (SSSR count). The smallest absolute Gasteiger partial charge is 0.310 e. The van der Waals surface area contributed by atoms with Gasteiger partial charge in [-0.15, -0.1) is 0 Å². The van der Waals surface area contributed by atoms with Crippen molar-refractivity contribution in [1.82, 2.24) is 4.72 Å². The van der Waals surface area contributed by atoms with Crippen molar-refractivity contribution in [3.05, 3.63) is 0 Å². The lowest BCUT2D eigenvalue weighted by molar-refractivity contribution is -0.151. The Bertz CT molecular complexity index is 487. The fraction of sp³-hybridized carbons (Fsp3) is 0.846. The molecule has 0 bridgehead atoms. The number of nitriles is 1. The molecule has 0 aromatic carbocycles. The zero-order valence-corrected chi connectivity index (χ0v) is 12.7. The SMILES string of the molecule is CCC(C#N)S(=O)(=O)NCC1(C(=O)O)CCC(C)CC1. The number of hydrogen-bond acceptors (Lipinski definition) is 4. The van der Waals surface area contributed by atoms with E-state index in [1.807, 2.05) is 0 Å². The van der Waals surface area contributed by atoms with Crippen LogP contribution in [-0.2, 0) is 14.8 Å². The summed E-state index contributed by atoms with van der Waals surface area (Å²) < 4.78 is 26.2. The van der Waals surface area contributed by atoms with Crippen LogP contribution in [0.15, 0.2) is 0 Å². The van der Waals surface area contributed by atoms with Gasteiger partial charge in [-0.25, -0.2) is 13.1 Å². The van der Waals surface area contributed by atoms with Crippen molar-refractivity contribution >= 4 is 16.0 Å². The second-order valence-electron chi connectivity index (χ2n) is 5.66. The lowest BCUT2D eigenvalue weighted by Gasteiger charge is -2.35. The summed E-state index contributed by atoms with van der Waals surface area (Å²) >= 11 is 0. The molecule has 1 unspecified atom stereocenters. The molecule has 0 spiro atoms. The third-order valence-corrected chi connectivity index (χ3v) is 5.92. The molecule has 0 aromatic rings. The molecule has 0 aliphatic heterocycles. The van der Waals surface area contributed by atoms with Crippen LogP contribution in [0.3, 0.4) is 0 Å². The largest absolute Gasteiger partial charge is 0.481 e. The summed E-state index contributed by atoms with van der Waals surface area (Å²) in [5.41, 5.74) is -1.03. The van der Waals surface area contributed by atoms with Crippen LogP contribution in [0.5, 0.6) is 0 Å². The minimum atomic E-state index is -3.78. The molecule has 1 aliphatic rings. The first-order valence-corrected chi connectivity index (χ1v) is 8.43. The van der Waals surface area contributed by atoms with E-state index < -0.39 is 26.7 Å². The molecule has 7 heteroatoms. The molecule has 0 heterocycles. The summed E-state index contributed by atoms with van der Waals surface area (Å²) in [6.45, 7) is 3.55. The summed E-state index contributed by atoms with van der Waals surface area (Å²) in [6.07, 6.45) is 2.68. The molecule has 1 saturated carbocycles. The van der Waals surface area contributed by atoms with Crippen molar-refractivity contribution in [2.45, 2.75) is 51.2 Å². The predicted molar refractivity (Wildman–Crippen MR) is 74.3 cm³/mol. The Morgan fingerprint density at radius 3 is 2.45 bits per heavy atom. The van der Waals surface area contributed by atoms with Gasteiger partial charge in [0.25, 0.3) is 0 Å². The number of nitrogens with one attached hydrogen (secondary N) is 1. The summed E-state index contributed by atoms with van der Waals surface area (Å²) in [6, 6.07) is 1.73. The van der Waals surface area contributed by atoms with Crippen molar-refractivity contribution < 1.29 is 18.3 Å². The van der Waals surface area contributed by atoms with Gasteiger partial charge in [0.15, 0.2) is 5.25 Å². The minimum absolute atomic E-state index is 0.129. The summed E-state index contributed by atoms with van der Waals surface area (Å²) in [5.74, 6) is -0.487. The Balaban J connectivity index is 2.79. The highest BCUT2D eigenvalue weighted by Gasteiger charge is 2.42. The molecule has 0 aromatic heterocycles. The van der Waals surface area contributed by atoms with Crippen LogP contribution >= 0.6 is 0 Å². The van der Waals surface area contributed by atoms with Crippen molar-refractivity contribution in [3.63, 3.8) is 0 Å². The monoisotopic (exact) mass is 302 g/mol. The normalized spacial score (nSPS) is 28.6. The predicted octanol–water partition coefficient (Wildman–Crippen LogP) is 1.49. The molecule has 1 atom stereocenters. The first-order valence-electron chi connectivity index (χ1n) is 6.89. The number of carbonyl (C=O) groups is 1. The van der Waals surface area contributed by atoms with Gasteiger partial charge >= 0.3 is 5.97 Å². The van der Waals surface area contributed by atoms with E-state index in [0.717, 1.165) is 12.8 Å². The van der Waals surface area contributed by atoms with Gasteiger partial charge in [0.1, 0.15) is 0 Å². The number of carboxylic acid groups (broad SMARTS) is 1. The Morgan fingerprint density at radius 1 is 1.50 bits per heavy atom. The maximum atomic E-state index is 11.9. The van der Waals surface area contributed by atoms with E-state index in [1.54, 1.807) is 13.0 Å². The summed E-state index contributed by atoms with van der Waals surface area (Å²) in [5, 5.41) is 17.1. The Morgan fingerprint density at radius 2 is 2.05 bits per heavy atom. The second-order valence-corrected chi connectivity index (χ2v) is 7.61. The van der Waals surface area contributed by atoms with E-state index in [1.165, 1.54) is 0 Å². The molecule has 1 aliphatic carbocycles. The maximum absolute atomic E-state index is 11.9. The zero-order chi connectivity index (χ0) is 15.4. The van der Waals surface area contributed by atoms with Gasteiger partial charge in [-0.3, -0.25) is 4.79 Å². The summed E-state index contributed by atoms with van der Waals surface area (Å²) in [4.78, 5) is 11.5. The van der Waals surface area contributed by atoms with E-state index in [0.29, 0.717) is 18.8 Å². The number of aliphatic carboxylic acids is 1. The average Bonchev–Trinajstić information content (AvgIpc) is 2.39. The Labute approximate surface area is 120 Å². The van der Waals surface area contributed by atoms with Crippen LogP contribution in [-0.4, -0.2) is 31.3 Å². The highest BCUT2D eigenvalue weighted by Crippen LogP contribution is 2.38. The third kappa shape index (κ3) is 3.70. The van der Waals surface area contributed by atoms with Crippen LogP contribution in [0.25, 0.3) is 0 Å². The lowest BCUT2D eigenvalue weighted by Crippen LogP contribution is -2.47. The van der Waals surface area contributed by atoms with E-state index >= 15 is 0 Å². The van der Waals surface area contributed by atoms with Crippen molar-refractivity contribution in [1.29, 1.82) is 5.26 Å². The molecular formula is C13H22N2O4S. The fourth-order valence-corrected chi connectivity index (χ4v) is 3.76. The van der Waals surface area contributed by atoms with Crippen LogP contribution in [0.1, 0.15) is 46.0 Å². The van der Waals surface area contributed by atoms with Crippen LogP contribution in [0, 0.1) is 22.7 Å². The number of hydrogen-bond donors (Lipinski definition) is 2. The second kappa shape index (κ2) is 6.55. The van der Waals surface area contributed by atoms with Gasteiger partial charge in [-0.05, 0) is 38.0 Å². The van der Waals surface area contributed by atoms with Gasteiger partial charge in [-0.1, -0.05) is 13.8 Å². The molecule has 0 saturated heterocycles. The van der Waals surface area contributed by atoms with Gasteiger partial charge in [0.2, 0.25) is 10.0 Å². The van der Waals surface area contributed by atoms with Crippen LogP contribution in [0.2, 0.25) is 0 Å². The van der Waals surface area contributed by atoms with Gasteiger partial charge in [-0.2, -0.15) is 5.26 Å². The zero-order valence-electron chi connectivity index (χ0n) is 11.9. The van der Waals surface area contributed by atoms with E-state index in [4.69, 9.17) is 5.26 Å². The van der Waals surface area contributed by atoms with E-state index in [-0.39, 0.29) is 13.0 Å². The fourth-order valence-electron chi connectivity index (χ4n) is 2.50. The topological polar surface area (TPSA) is 107 Å². The van der Waals surface area contributed by atoms with Crippen molar-refractivity contribution in [2.24, 2.45) is 11.3 Å². The Hall–Kier alpha value is -1.13. The van der Waals surface area contributed by atoms with Crippen molar-refractivity contribution in [2.75, 3.05) is 6.54 Å². The molecule has 2 N–H and O–H groups in total. The molecule has 114 valence electrons. The lowest BCUT2D eigenvalue weighted by atomic mass is 9.71. The molecule has 0 amide bonds. The molecule has 20 heavy (non-hydrogen) atoms. The van der Waals surface area contributed by atoms with Gasteiger partial charge in [0, 0.05) is 6.54 Å². The number of nitrogens with zero attached hydrogens (tertiary/aromatic N) is 1. The number of sulfonamides is 1. The molecular weight excluding hydrogens is 280 g/mol. The Kier molecular flexibility index (Phi) is 5.54. The first-order chi connectivity index (χ1) is 9.27. The quantitative estimate of drug-likeness (QED) is 0.773. The molecule has 1 fully saturated rings. The van der Waals surface area contributed by atoms with Gasteiger partial charge in [0.05, 0.1) is 11.5 Å². The number of rotatable bonds is 6. The first kappa shape index (κ1) is 16.9. The van der Waals surface area contributed by atoms with Gasteiger partial charge < -0.3 is 5.11 Å². The highest BCUT2D eigenvalue weighted by molar-refractivity contribution is 7.90. The maximum Gasteiger partial charge on any atom is 0.310 e. The molecule has 0 radical (unpaired) electrons. The van der Waals surface area contributed by atoms with E-state index in [9.17, 15) is 18.3 Å².